The van der Waals surface area contributed by atoms with Crippen LogP contribution in [0.2, 0.25) is 0 Å². The Morgan fingerprint density at radius 3 is 1.00 bits per heavy atom. The van der Waals surface area contributed by atoms with Gasteiger partial charge in [-0.05, 0) is 0 Å². The standard InChI is InChI=1S/3CH4.Co.Cr.Ti/h3*1H4;;;/i1T;;;;;. The molecule has 0 aliphatic rings. The molecular formula is C3H12CoCrTi. The van der Waals surface area contributed by atoms with Crippen LogP contribution in [0.5, 0.6) is 0 Å². The minimum Gasteiger partial charge on any atom is -0.0776 e. The monoisotopic (exact) mass is 209 g/mol. The fraction of sp³-hybridized carbons (Fsp3) is 1.00. The molecule has 6 heavy (non-hydrogen) atoms. The molecule has 0 saturated heterocycles. The summed E-state index contributed by atoms with van der Waals surface area (Å²) in [4.78, 5) is 0. The van der Waals surface area contributed by atoms with Gasteiger partial charge in [0.05, 0.1) is 0 Å². The summed E-state index contributed by atoms with van der Waals surface area (Å²) in [6.07, 6.45) is 0. The Morgan fingerprint density at radius 2 is 1.00 bits per heavy atom. The first-order valence-electron chi connectivity index (χ1n) is 1.00. The van der Waals surface area contributed by atoms with Crippen molar-refractivity contribution < 1.29 is 57.2 Å². The van der Waals surface area contributed by atoms with Crippen molar-refractivity contribution in [1.82, 2.24) is 0 Å². The van der Waals surface area contributed by atoms with Gasteiger partial charge in [0.25, 0.3) is 0 Å². The molecule has 0 aliphatic heterocycles. The molecule has 0 amide bonds. The van der Waals surface area contributed by atoms with E-state index in [-0.39, 0.29) is 70.7 Å². The Bertz CT molecular complexity index is 14.9. The third-order valence-electron chi connectivity index (χ3n) is 0. The molecule has 0 atom stereocenters. The molecule has 0 rings (SSSR count). The van der Waals surface area contributed by atoms with Gasteiger partial charge in [0.15, 0.2) is 0 Å². The van der Waals surface area contributed by atoms with Gasteiger partial charge < -0.3 is 0 Å². The molecule has 0 nitrogen and oxygen atoms in total. The van der Waals surface area contributed by atoms with E-state index in [1.807, 2.05) is 0 Å². The molecule has 0 N–H and O–H groups in total. The summed E-state index contributed by atoms with van der Waals surface area (Å²) in [5, 5.41) is 0. The molecule has 43 valence electrons. The largest absolute Gasteiger partial charge is 0.0776 e. The van der Waals surface area contributed by atoms with E-state index >= 15 is 0 Å². The van der Waals surface area contributed by atoms with E-state index in [0.717, 1.165) is 0 Å². The number of rotatable bonds is 0. The Labute approximate surface area is 79.1 Å². The molecule has 0 saturated carbocycles. The average molecular weight is 209 g/mol. The molecule has 3 heteroatoms. The summed E-state index contributed by atoms with van der Waals surface area (Å²) < 4.78 is 5.75. The summed E-state index contributed by atoms with van der Waals surface area (Å²) >= 11 is 0. The Kier molecular flexibility index (Phi) is 565. The smallest absolute Gasteiger partial charge is 0.0194 e. The molecule has 0 heterocycles. The third-order valence-corrected chi connectivity index (χ3v) is 0. The maximum absolute atomic E-state index is 5.75. The summed E-state index contributed by atoms with van der Waals surface area (Å²) in [7, 11) is 1.25. The molecule has 0 unspecified atom stereocenters. The van der Waals surface area contributed by atoms with E-state index in [1.165, 1.54) is 7.40 Å². The Morgan fingerprint density at radius 1 is 1.00 bits per heavy atom. The fourth-order valence-electron chi connectivity index (χ4n) is 0. The fourth-order valence-corrected chi connectivity index (χ4v) is 0. The van der Waals surface area contributed by atoms with Crippen LogP contribution in [0, 0.1) is 0 Å². The molecule has 0 aromatic rings. The molecule has 1 radical (unpaired) electrons. The van der Waals surface area contributed by atoms with Crippen molar-refractivity contribution in [2.24, 2.45) is 0 Å². The SMILES string of the molecule is C.C.[3H]C.[Co].[Cr].[Ti]. The number of hydrogen-bond donors (Lipinski definition) is 0. The van der Waals surface area contributed by atoms with Crippen molar-refractivity contribution in [3.05, 3.63) is 0 Å². The molecule has 0 aromatic heterocycles. The van der Waals surface area contributed by atoms with Crippen LogP contribution < -0.4 is 0 Å². The first-order chi connectivity index (χ1) is 1.00. The van der Waals surface area contributed by atoms with Gasteiger partial charge in [-0.2, -0.15) is 0 Å². The second-order valence-corrected chi connectivity index (χ2v) is 0. The van der Waals surface area contributed by atoms with E-state index in [1.54, 1.807) is 0 Å². The van der Waals surface area contributed by atoms with Gasteiger partial charge in [-0.1, -0.05) is 22.3 Å². The van der Waals surface area contributed by atoms with E-state index in [0.29, 0.717) is 0 Å². The summed E-state index contributed by atoms with van der Waals surface area (Å²) in [6, 6.07) is 0. The molecule has 0 bridgehead atoms. The van der Waals surface area contributed by atoms with Crippen molar-refractivity contribution in [2.45, 2.75) is 22.3 Å². The quantitative estimate of drug-likeness (QED) is 0.534. The van der Waals surface area contributed by atoms with Gasteiger partial charge in [-0.3, -0.25) is 0 Å². The van der Waals surface area contributed by atoms with Gasteiger partial charge in [0.1, 0.15) is 0 Å². The second-order valence-electron chi connectivity index (χ2n) is 0. The van der Waals surface area contributed by atoms with Gasteiger partial charge >= 0.3 is 0 Å². The Hall–Kier alpha value is 1.75. The maximum Gasteiger partial charge on any atom is 0.0194 e. The summed E-state index contributed by atoms with van der Waals surface area (Å²) in [5.74, 6) is 0. The van der Waals surface area contributed by atoms with Crippen LogP contribution in [0.1, 0.15) is 23.6 Å². The van der Waals surface area contributed by atoms with E-state index in [9.17, 15) is 0 Å². The van der Waals surface area contributed by atoms with Gasteiger partial charge in [-0.15, -0.1) is 0 Å². The van der Waals surface area contributed by atoms with E-state index in [2.05, 4.69) is 0 Å². The first-order valence-corrected chi connectivity index (χ1v) is 0. The van der Waals surface area contributed by atoms with E-state index in [4.69, 9.17) is 1.37 Å². The summed E-state index contributed by atoms with van der Waals surface area (Å²) in [6.45, 7) is 0. The van der Waals surface area contributed by atoms with Gasteiger partial charge in [0.2, 0.25) is 0 Å². The van der Waals surface area contributed by atoms with Crippen LogP contribution in [-0.4, -0.2) is 0 Å². The zero-order chi connectivity index (χ0) is 2.00. The maximum atomic E-state index is 5.75. The average Bonchev–Trinajstić information content (AvgIpc) is 1.00. The third kappa shape index (κ3) is 42.3. The van der Waals surface area contributed by atoms with Crippen LogP contribution in [-0.2, 0) is 55.9 Å². The molecule has 0 aromatic carbocycles. The molecule has 0 spiro atoms. The van der Waals surface area contributed by atoms with E-state index < -0.39 is 0 Å². The van der Waals surface area contributed by atoms with Crippen LogP contribution in [0.15, 0.2) is 0 Å². The number of hydrogen-bond acceptors (Lipinski definition) is 0. The predicted octanol–water partition coefficient (Wildman–Crippen LogP) is 1.90. The van der Waals surface area contributed by atoms with Crippen molar-refractivity contribution in [1.29, 1.82) is 0 Å². The van der Waals surface area contributed by atoms with Crippen molar-refractivity contribution >= 4 is 0 Å². The molecule has 0 fully saturated rings. The van der Waals surface area contributed by atoms with Crippen LogP contribution >= 0.6 is 0 Å². The van der Waals surface area contributed by atoms with Crippen LogP contribution in [0.3, 0.4) is 0 Å². The van der Waals surface area contributed by atoms with Crippen LogP contribution in [0.25, 0.3) is 0 Å². The van der Waals surface area contributed by atoms with Crippen molar-refractivity contribution in [3.63, 3.8) is 0 Å². The van der Waals surface area contributed by atoms with Crippen molar-refractivity contribution in [3.8, 4) is 0 Å². The second kappa shape index (κ2) is 72.7. The predicted molar refractivity (Wildman–Crippen MR) is 20.2 cm³/mol. The molecule has 0 aliphatic carbocycles. The van der Waals surface area contributed by atoms with Crippen molar-refractivity contribution in [2.75, 3.05) is 0 Å². The minimum absolute atomic E-state index is 0. The molecular weight excluding hydrogens is 195 g/mol. The first kappa shape index (κ1) is 46.6. The van der Waals surface area contributed by atoms with Gasteiger partial charge in [0, 0.05) is 57.2 Å². The topological polar surface area (TPSA) is 0 Å². The Balaban J connectivity index is -0.000000000500. The normalized spacial score (nSPS) is 1.17. The zero-order valence-electron chi connectivity index (χ0n) is 3.24. The van der Waals surface area contributed by atoms with Crippen LogP contribution in [0.4, 0.5) is 0 Å². The zero-order valence-corrected chi connectivity index (χ0v) is 6.12. The minimum atomic E-state index is 0. The summed E-state index contributed by atoms with van der Waals surface area (Å²) in [5.41, 5.74) is 0. The van der Waals surface area contributed by atoms with Gasteiger partial charge in [-0.25, -0.2) is 0 Å².